The first-order valence-corrected chi connectivity index (χ1v) is 13.6. The first-order valence-electron chi connectivity index (χ1n) is 13.6. The van der Waals surface area contributed by atoms with Crippen molar-refractivity contribution in [1.29, 1.82) is 0 Å². The summed E-state index contributed by atoms with van der Waals surface area (Å²) in [5.74, 6) is -4.94. The van der Waals surface area contributed by atoms with Gasteiger partial charge in [0.1, 0.15) is 18.1 Å². The molecule has 0 bridgehead atoms. The highest BCUT2D eigenvalue weighted by atomic mass is 16.4. The number of H-pyrrole nitrogens is 1. The normalized spacial score (nSPS) is 14.5. The zero-order valence-electron chi connectivity index (χ0n) is 23.8. The summed E-state index contributed by atoms with van der Waals surface area (Å²) in [6, 6.07) is 2.59. The molecule has 15 nitrogen and oxygen atoms in total. The van der Waals surface area contributed by atoms with E-state index < -0.39 is 66.1 Å². The molecule has 0 saturated carbocycles. The van der Waals surface area contributed by atoms with Crippen LogP contribution >= 0.6 is 0 Å². The molecule has 0 spiro atoms. The average Bonchev–Trinajstić information content (AvgIpc) is 3.34. The largest absolute Gasteiger partial charge is 0.480 e. The van der Waals surface area contributed by atoms with Gasteiger partial charge in [0.15, 0.2) is 5.96 Å². The third kappa shape index (κ3) is 10.1. The number of carboxylic acids is 1. The van der Waals surface area contributed by atoms with Gasteiger partial charge in [-0.15, -0.1) is 0 Å². The van der Waals surface area contributed by atoms with Gasteiger partial charge >= 0.3 is 5.97 Å². The summed E-state index contributed by atoms with van der Waals surface area (Å²) >= 11 is 0. The summed E-state index contributed by atoms with van der Waals surface area (Å²) in [6.45, 7) is 3.78. The third-order valence-electron chi connectivity index (χ3n) is 6.85. The average molecular weight is 588 g/mol. The van der Waals surface area contributed by atoms with Gasteiger partial charge in [-0.1, -0.05) is 38.5 Å². The molecule has 0 aliphatic carbocycles. The Morgan fingerprint density at radius 3 is 2.26 bits per heavy atom. The second kappa shape index (κ2) is 16.0. The minimum Gasteiger partial charge on any atom is -0.480 e. The SMILES string of the molecule is CCC(C)C(NC(=O)C(Cc1c[nH]c2ccccc12)NC(=O)C(N)CCCN=C(N)N)C(=O)NC(CC(N)=O)C(=O)O. The molecule has 1 aromatic heterocycles. The lowest BCUT2D eigenvalue weighted by Crippen LogP contribution is -2.59. The molecule has 230 valence electrons. The van der Waals surface area contributed by atoms with Crippen LogP contribution in [0.3, 0.4) is 0 Å². The van der Waals surface area contributed by atoms with Crippen LogP contribution in [-0.2, 0) is 30.4 Å². The Kier molecular flexibility index (Phi) is 12.7. The number of nitrogens with one attached hydrogen (secondary N) is 4. The number of para-hydroxylation sites is 1. The molecule has 1 aromatic carbocycles. The van der Waals surface area contributed by atoms with E-state index in [0.29, 0.717) is 12.8 Å². The highest BCUT2D eigenvalue weighted by molar-refractivity contribution is 5.95. The van der Waals surface area contributed by atoms with Crippen molar-refractivity contribution in [3.05, 3.63) is 36.0 Å². The van der Waals surface area contributed by atoms with Crippen LogP contribution in [0.4, 0.5) is 0 Å². The van der Waals surface area contributed by atoms with E-state index in [2.05, 4.69) is 25.9 Å². The molecule has 15 heteroatoms. The fourth-order valence-electron chi connectivity index (χ4n) is 4.28. The first kappa shape index (κ1) is 33.5. The number of rotatable bonds is 17. The van der Waals surface area contributed by atoms with Crippen LogP contribution in [0.2, 0.25) is 0 Å². The summed E-state index contributed by atoms with van der Waals surface area (Å²) in [5, 5.41) is 17.9. The summed E-state index contributed by atoms with van der Waals surface area (Å²) in [4.78, 5) is 69.6. The summed E-state index contributed by atoms with van der Waals surface area (Å²) in [5.41, 5.74) is 23.4. The number of hydrogen-bond donors (Lipinski definition) is 9. The zero-order valence-corrected chi connectivity index (χ0v) is 23.8. The van der Waals surface area contributed by atoms with Gasteiger partial charge in [-0.05, 0) is 30.4 Å². The molecule has 0 aliphatic rings. The number of aliphatic imine (C=N–C) groups is 1. The molecule has 5 unspecified atom stereocenters. The molecule has 2 aromatic rings. The molecule has 0 radical (unpaired) electrons. The molecular weight excluding hydrogens is 546 g/mol. The number of aromatic nitrogens is 1. The number of aliphatic carboxylic acids is 1. The Morgan fingerprint density at radius 2 is 1.64 bits per heavy atom. The zero-order chi connectivity index (χ0) is 31.4. The number of amides is 4. The number of fused-ring (bicyclic) bond motifs is 1. The lowest BCUT2D eigenvalue weighted by molar-refractivity contribution is -0.144. The van der Waals surface area contributed by atoms with Gasteiger partial charge in [0.25, 0.3) is 0 Å². The van der Waals surface area contributed by atoms with Gasteiger partial charge in [-0.3, -0.25) is 24.2 Å². The van der Waals surface area contributed by atoms with E-state index in [1.807, 2.05) is 24.3 Å². The smallest absolute Gasteiger partial charge is 0.326 e. The monoisotopic (exact) mass is 587 g/mol. The van der Waals surface area contributed by atoms with Crippen LogP contribution in [0.15, 0.2) is 35.5 Å². The molecule has 42 heavy (non-hydrogen) atoms. The Balaban J connectivity index is 2.28. The number of guanidine groups is 1. The van der Waals surface area contributed by atoms with Gasteiger partial charge in [0.05, 0.1) is 12.5 Å². The predicted molar refractivity (Wildman–Crippen MR) is 157 cm³/mol. The van der Waals surface area contributed by atoms with Gasteiger partial charge in [-0.25, -0.2) is 4.79 Å². The Hall–Kier alpha value is -4.66. The summed E-state index contributed by atoms with van der Waals surface area (Å²) < 4.78 is 0. The topological polar surface area (TPSA) is 274 Å². The van der Waals surface area contributed by atoms with Gasteiger partial charge < -0.3 is 49.0 Å². The molecule has 0 fully saturated rings. The van der Waals surface area contributed by atoms with Crippen LogP contribution in [0.25, 0.3) is 10.9 Å². The first-order chi connectivity index (χ1) is 19.8. The van der Waals surface area contributed by atoms with E-state index in [1.54, 1.807) is 20.0 Å². The van der Waals surface area contributed by atoms with Crippen LogP contribution in [0.5, 0.6) is 0 Å². The molecule has 5 atom stereocenters. The van der Waals surface area contributed by atoms with Crippen molar-refractivity contribution in [2.24, 2.45) is 33.8 Å². The lowest BCUT2D eigenvalue weighted by Gasteiger charge is -2.28. The van der Waals surface area contributed by atoms with Gasteiger partial charge in [-0.2, -0.15) is 0 Å². The number of benzene rings is 1. The predicted octanol–water partition coefficient (Wildman–Crippen LogP) is -1.45. The highest BCUT2D eigenvalue weighted by Gasteiger charge is 2.33. The third-order valence-corrected chi connectivity index (χ3v) is 6.85. The van der Waals surface area contributed by atoms with Crippen LogP contribution in [-0.4, -0.2) is 76.4 Å². The Bertz CT molecular complexity index is 1290. The van der Waals surface area contributed by atoms with Crippen molar-refractivity contribution in [1.82, 2.24) is 20.9 Å². The summed E-state index contributed by atoms with van der Waals surface area (Å²) in [6.07, 6.45) is 2.30. The number of hydrogen-bond acceptors (Lipinski definition) is 7. The molecule has 0 saturated heterocycles. The van der Waals surface area contributed by atoms with Crippen molar-refractivity contribution in [2.45, 2.75) is 70.1 Å². The van der Waals surface area contributed by atoms with Gasteiger partial charge in [0, 0.05) is 30.1 Å². The molecular formula is C27H41N9O6. The van der Waals surface area contributed by atoms with E-state index in [4.69, 9.17) is 22.9 Å². The Labute approximate surface area is 243 Å². The second-order valence-corrected chi connectivity index (χ2v) is 10.1. The number of nitrogens with two attached hydrogens (primary N) is 4. The number of carboxylic acid groups (broad SMARTS) is 1. The number of carbonyl (C=O) groups is 5. The number of aromatic amines is 1. The van der Waals surface area contributed by atoms with E-state index >= 15 is 0 Å². The molecule has 2 rings (SSSR count). The van der Waals surface area contributed by atoms with Crippen molar-refractivity contribution in [2.75, 3.05) is 6.54 Å². The molecule has 1 heterocycles. The highest BCUT2D eigenvalue weighted by Crippen LogP contribution is 2.20. The minimum absolute atomic E-state index is 0.0661. The van der Waals surface area contributed by atoms with E-state index in [9.17, 15) is 29.1 Å². The second-order valence-electron chi connectivity index (χ2n) is 10.1. The number of carbonyl (C=O) groups excluding carboxylic acids is 4. The van der Waals surface area contributed by atoms with Crippen LogP contribution < -0.4 is 38.9 Å². The van der Waals surface area contributed by atoms with Crippen LogP contribution in [0.1, 0.15) is 45.1 Å². The molecule has 13 N–H and O–H groups in total. The number of primary amides is 1. The standard InChI is InChI=1S/C27H41N9O6/c1-3-14(2)22(25(40)35-20(26(41)42)12-21(29)37)36-24(39)19(11-15-13-33-18-9-5-4-7-16(15)18)34-23(38)17(28)8-6-10-32-27(30)31/h4-5,7,9,13-14,17,19-20,22,33H,3,6,8,10-12,28H2,1-2H3,(H2,29,37)(H,34,38)(H,35,40)(H,36,39)(H,41,42)(H4,30,31,32). The van der Waals surface area contributed by atoms with E-state index in [-0.39, 0.29) is 25.3 Å². The minimum atomic E-state index is -1.57. The quantitative estimate of drug-likeness (QED) is 0.0594. The Morgan fingerprint density at radius 1 is 0.976 bits per heavy atom. The van der Waals surface area contributed by atoms with Crippen molar-refractivity contribution in [3.8, 4) is 0 Å². The fraction of sp³-hybridized carbons (Fsp3) is 0.481. The molecule has 4 amide bonds. The maximum atomic E-state index is 13.6. The van der Waals surface area contributed by atoms with E-state index in [1.165, 1.54) is 0 Å². The van der Waals surface area contributed by atoms with Crippen LogP contribution in [0, 0.1) is 5.92 Å². The molecule has 0 aliphatic heterocycles. The maximum Gasteiger partial charge on any atom is 0.326 e. The summed E-state index contributed by atoms with van der Waals surface area (Å²) in [7, 11) is 0. The van der Waals surface area contributed by atoms with Crippen molar-refractivity contribution >= 4 is 46.5 Å². The fourth-order valence-corrected chi connectivity index (χ4v) is 4.28. The van der Waals surface area contributed by atoms with Gasteiger partial charge in [0.2, 0.25) is 23.6 Å². The number of nitrogens with zero attached hydrogens (tertiary/aromatic N) is 1. The van der Waals surface area contributed by atoms with Crippen molar-refractivity contribution in [3.63, 3.8) is 0 Å². The van der Waals surface area contributed by atoms with Crippen molar-refractivity contribution < 1.29 is 29.1 Å². The lowest BCUT2D eigenvalue weighted by atomic mass is 9.96. The maximum absolute atomic E-state index is 13.6. The van der Waals surface area contributed by atoms with E-state index in [0.717, 1.165) is 16.5 Å².